The van der Waals surface area contributed by atoms with Gasteiger partial charge in [0.1, 0.15) is 18.5 Å². The van der Waals surface area contributed by atoms with E-state index in [0.29, 0.717) is 5.75 Å². The fourth-order valence-corrected chi connectivity index (χ4v) is 2.07. The van der Waals surface area contributed by atoms with Crippen molar-refractivity contribution in [1.29, 1.82) is 0 Å². The van der Waals surface area contributed by atoms with Gasteiger partial charge in [0.25, 0.3) is 0 Å². The summed E-state index contributed by atoms with van der Waals surface area (Å²) >= 11 is 0. The molecular weight excluding hydrogens is 247 g/mol. The molecule has 1 aromatic rings. The zero-order chi connectivity index (χ0) is 13.7. The van der Waals surface area contributed by atoms with Crippen LogP contribution in [-0.2, 0) is 4.74 Å². The monoisotopic (exact) mass is 268 g/mol. The van der Waals surface area contributed by atoms with Gasteiger partial charge in [-0.1, -0.05) is 0 Å². The zero-order valence-corrected chi connectivity index (χ0v) is 11.3. The van der Waals surface area contributed by atoms with E-state index in [1.165, 1.54) is 0 Å². The van der Waals surface area contributed by atoms with Gasteiger partial charge in [0.05, 0.1) is 13.2 Å². The maximum absolute atomic E-state index is 13.1. The molecule has 0 spiro atoms. The fourth-order valence-electron chi connectivity index (χ4n) is 2.07. The van der Waals surface area contributed by atoms with E-state index in [2.05, 4.69) is 11.0 Å². The van der Waals surface area contributed by atoms with E-state index in [1.807, 2.05) is 19.1 Å². The van der Waals surface area contributed by atoms with E-state index in [0.717, 1.165) is 37.6 Å². The highest BCUT2D eigenvalue weighted by molar-refractivity contribution is 5.53. The lowest BCUT2D eigenvalue weighted by Gasteiger charge is -2.29. The van der Waals surface area contributed by atoms with Crippen LogP contribution in [0.2, 0.25) is 0 Å². The number of benzene rings is 1. The first kappa shape index (κ1) is 14.1. The second kappa shape index (κ2) is 6.73. The van der Waals surface area contributed by atoms with Gasteiger partial charge in [0.2, 0.25) is 0 Å². The predicted molar refractivity (Wildman–Crippen MR) is 73.7 cm³/mol. The summed E-state index contributed by atoms with van der Waals surface area (Å²) in [4.78, 5) is 2.25. The van der Waals surface area contributed by atoms with Gasteiger partial charge < -0.3 is 20.1 Å². The van der Waals surface area contributed by atoms with E-state index in [9.17, 15) is 4.39 Å². The first-order chi connectivity index (χ1) is 9.19. The van der Waals surface area contributed by atoms with Gasteiger partial charge in [-0.15, -0.1) is 0 Å². The first-order valence-electron chi connectivity index (χ1n) is 6.60. The molecule has 106 valence electrons. The van der Waals surface area contributed by atoms with Crippen LogP contribution in [-0.4, -0.2) is 45.6 Å². The predicted octanol–water partition coefficient (Wildman–Crippen LogP) is 1.51. The summed E-state index contributed by atoms with van der Waals surface area (Å²) in [7, 11) is 0. The highest BCUT2D eigenvalue weighted by Gasteiger charge is 2.13. The number of rotatable bonds is 5. The molecule has 1 aliphatic rings. The molecule has 0 aromatic heterocycles. The van der Waals surface area contributed by atoms with Crippen LogP contribution in [0.25, 0.3) is 0 Å². The Kier molecular flexibility index (Phi) is 4.99. The van der Waals surface area contributed by atoms with Crippen molar-refractivity contribution < 1.29 is 13.9 Å². The smallest absolute Gasteiger partial charge is 0.146 e. The average molecular weight is 268 g/mol. The molecule has 0 bridgehead atoms. The molecular formula is C14H21FN2O2. The van der Waals surface area contributed by atoms with E-state index in [-0.39, 0.29) is 13.2 Å². The molecule has 0 saturated carbocycles. The van der Waals surface area contributed by atoms with Gasteiger partial charge in [0, 0.05) is 31.4 Å². The minimum absolute atomic E-state index is 0.00248. The van der Waals surface area contributed by atoms with Crippen molar-refractivity contribution in [2.24, 2.45) is 5.73 Å². The van der Waals surface area contributed by atoms with Gasteiger partial charge in [-0.25, -0.2) is 4.39 Å². The van der Waals surface area contributed by atoms with Crippen LogP contribution in [0.1, 0.15) is 5.56 Å². The van der Waals surface area contributed by atoms with Crippen LogP contribution in [0.5, 0.6) is 5.75 Å². The molecule has 1 aliphatic heterocycles. The lowest BCUT2D eigenvalue weighted by Crippen LogP contribution is -2.36. The van der Waals surface area contributed by atoms with Crippen LogP contribution in [0.15, 0.2) is 18.2 Å². The third-order valence-electron chi connectivity index (χ3n) is 3.10. The molecule has 0 aliphatic carbocycles. The number of anilines is 1. The number of hydrogen-bond acceptors (Lipinski definition) is 4. The largest absolute Gasteiger partial charge is 0.490 e. The number of alkyl halides is 1. The molecule has 1 atom stereocenters. The lowest BCUT2D eigenvalue weighted by atomic mass is 10.2. The second-order valence-corrected chi connectivity index (χ2v) is 4.75. The Morgan fingerprint density at radius 3 is 2.79 bits per heavy atom. The van der Waals surface area contributed by atoms with Crippen LogP contribution in [0.4, 0.5) is 10.1 Å². The third-order valence-corrected chi connectivity index (χ3v) is 3.10. The minimum Gasteiger partial charge on any atom is -0.490 e. The SMILES string of the molecule is Cc1cc(OC[C@H](F)CN)cc(N2CCOCC2)c1. The van der Waals surface area contributed by atoms with Crippen molar-refractivity contribution >= 4 is 5.69 Å². The molecule has 0 unspecified atom stereocenters. The first-order valence-corrected chi connectivity index (χ1v) is 6.60. The van der Waals surface area contributed by atoms with Crippen molar-refractivity contribution in [2.75, 3.05) is 44.4 Å². The van der Waals surface area contributed by atoms with Crippen molar-refractivity contribution in [1.82, 2.24) is 0 Å². The second-order valence-electron chi connectivity index (χ2n) is 4.75. The molecule has 2 N–H and O–H groups in total. The number of ether oxygens (including phenoxy) is 2. The summed E-state index contributed by atoms with van der Waals surface area (Å²) in [6.45, 7) is 5.22. The summed E-state index contributed by atoms with van der Waals surface area (Å²) in [5.74, 6) is 0.692. The van der Waals surface area contributed by atoms with Gasteiger partial charge in [0.15, 0.2) is 0 Å². The zero-order valence-electron chi connectivity index (χ0n) is 11.3. The van der Waals surface area contributed by atoms with Gasteiger partial charge in [-0.3, -0.25) is 0 Å². The number of morpholine rings is 1. The van der Waals surface area contributed by atoms with Crippen molar-refractivity contribution in [3.8, 4) is 5.75 Å². The van der Waals surface area contributed by atoms with Crippen LogP contribution < -0.4 is 15.4 Å². The van der Waals surface area contributed by atoms with Crippen molar-refractivity contribution in [3.05, 3.63) is 23.8 Å². The van der Waals surface area contributed by atoms with E-state index >= 15 is 0 Å². The maximum atomic E-state index is 13.1. The molecule has 4 nitrogen and oxygen atoms in total. The molecule has 2 rings (SSSR count). The Balaban J connectivity index is 2.05. The average Bonchev–Trinajstić information content (AvgIpc) is 2.45. The summed E-state index contributed by atoms with van der Waals surface area (Å²) in [5.41, 5.74) is 7.43. The highest BCUT2D eigenvalue weighted by Crippen LogP contribution is 2.24. The number of nitrogens with zero attached hydrogens (tertiary/aromatic N) is 1. The molecule has 19 heavy (non-hydrogen) atoms. The molecule has 1 aromatic carbocycles. The van der Waals surface area contributed by atoms with Crippen LogP contribution in [0.3, 0.4) is 0 Å². The number of aryl methyl sites for hydroxylation is 1. The van der Waals surface area contributed by atoms with E-state index in [4.69, 9.17) is 15.2 Å². The van der Waals surface area contributed by atoms with Gasteiger partial charge in [-0.05, 0) is 24.6 Å². The molecule has 0 radical (unpaired) electrons. The number of nitrogens with two attached hydrogens (primary N) is 1. The topological polar surface area (TPSA) is 47.7 Å². The molecule has 1 heterocycles. The molecule has 5 heteroatoms. The van der Waals surface area contributed by atoms with E-state index in [1.54, 1.807) is 0 Å². The van der Waals surface area contributed by atoms with Gasteiger partial charge >= 0.3 is 0 Å². The maximum Gasteiger partial charge on any atom is 0.146 e. The lowest BCUT2D eigenvalue weighted by molar-refractivity contribution is 0.122. The standard InChI is InChI=1S/C14H21FN2O2/c1-11-6-13(17-2-4-18-5-3-17)8-14(7-11)19-10-12(15)9-16/h6-8,12H,2-5,9-10,16H2,1H3/t12-/m1/s1. The normalized spacial score (nSPS) is 17.3. The summed E-state index contributed by atoms with van der Waals surface area (Å²) in [5, 5.41) is 0. The Labute approximate surface area is 113 Å². The van der Waals surface area contributed by atoms with Crippen molar-refractivity contribution in [2.45, 2.75) is 13.1 Å². The Morgan fingerprint density at radius 2 is 2.11 bits per heavy atom. The summed E-state index contributed by atoms with van der Waals surface area (Å²) < 4.78 is 23.9. The van der Waals surface area contributed by atoms with Crippen LogP contribution in [0, 0.1) is 6.92 Å². The van der Waals surface area contributed by atoms with Gasteiger partial charge in [-0.2, -0.15) is 0 Å². The Hall–Kier alpha value is -1.33. The van der Waals surface area contributed by atoms with Crippen molar-refractivity contribution in [3.63, 3.8) is 0 Å². The number of halogens is 1. The minimum atomic E-state index is -1.12. The Morgan fingerprint density at radius 1 is 1.37 bits per heavy atom. The Bertz CT molecular complexity index is 408. The highest BCUT2D eigenvalue weighted by atomic mass is 19.1. The molecule has 1 fully saturated rings. The summed E-state index contributed by atoms with van der Waals surface area (Å²) in [6, 6.07) is 5.96. The quantitative estimate of drug-likeness (QED) is 0.879. The third kappa shape index (κ3) is 4.08. The number of hydrogen-bond donors (Lipinski definition) is 1. The fraction of sp³-hybridized carbons (Fsp3) is 0.571. The van der Waals surface area contributed by atoms with Crippen LogP contribution >= 0.6 is 0 Å². The van der Waals surface area contributed by atoms with E-state index < -0.39 is 6.17 Å². The molecule has 0 amide bonds. The molecule has 1 saturated heterocycles. The summed E-state index contributed by atoms with van der Waals surface area (Å²) in [6.07, 6.45) is -1.12.